The van der Waals surface area contributed by atoms with Crippen LogP contribution in [-0.2, 0) is 4.79 Å². The van der Waals surface area contributed by atoms with E-state index in [2.05, 4.69) is 52.1 Å². The first kappa shape index (κ1) is 19.6. The Balaban J connectivity index is 1.31. The Morgan fingerprint density at radius 3 is 2.35 bits per heavy atom. The predicted octanol–water partition coefficient (Wildman–Crippen LogP) is 5.10. The second kappa shape index (κ2) is 7.70. The molecule has 2 atom stereocenters. The van der Waals surface area contributed by atoms with E-state index in [1.54, 1.807) is 0 Å². The number of rotatable bonds is 5. The maximum atomic E-state index is 12.6. The fourth-order valence-corrected chi connectivity index (χ4v) is 4.55. The van der Waals surface area contributed by atoms with Gasteiger partial charge in [-0.25, -0.2) is 4.98 Å². The minimum Gasteiger partial charge on any atom is -0.351 e. The highest BCUT2D eigenvalue weighted by Crippen LogP contribution is 2.40. The van der Waals surface area contributed by atoms with Crippen LogP contribution in [0.3, 0.4) is 0 Å². The molecule has 156 valence electrons. The average molecular weight is 411 g/mol. The molecule has 0 bridgehead atoms. The highest BCUT2D eigenvalue weighted by molar-refractivity contribution is 5.80. The van der Waals surface area contributed by atoms with Gasteiger partial charge in [-0.05, 0) is 67.9 Å². The van der Waals surface area contributed by atoms with Gasteiger partial charge in [0.2, 0.25) is 5.91 Å². The van der Waals surface area contributed by atoms with Crippen molar-refractivity contribution in [3.63, 3.8) is 0 Å². The maximum Gasteiger partial charge on any atom is 0.223 e. The van der Waals surface area contributed by atoms with Crippen molar-refractivity contribution in [2.45, 2.75) is 50.6 Å². The zero-order valence-electron chi connectivity index (χ0n) is 17.7. The lowest BCUT2D eigenvalue weighted by atomic mass is 10.0. The van der Waals surface area contributed by atoms with Crippen molar-refractivity contribution in [3.8, 4) is 28.5 Å². The SMILES string of the molecule is CC1(NC(=O)C2CC[C@@H](n3cncc3-c3ccc(-c4ccc(C#N)cc4)cc3)C2)CC1. The molecule has 2 aliphatic rings. The number of amides is 1. The number of nitriles is 1. The molecule has 1 N–H and O–H groups in total. The van der Waals surface area contributed by atoms with E-state index in [9.17, 15) is 4.79 Å². The van der Waals surface area contributed by atoms with E-state index < -0.39 is 0 Å². The molecule has 1 aromatic heterocycles. The molecule has 0 saturated heterocycles. The molecular formula is C26H26N4O. The van der Waals surface area contributed by atoms with Gasteiger partial charge in [-0.2, -0.15) is 5.26 Å². The van der Waals surface area contributed by atoms with E-state index in [1.165, 1.54) is 0 Å². The summed E-state index contributed by atoms with van der Waals surface area (Å²) < 4.78 is 2.24. The first-order valence-electron chi connectivity index (χ1n) is 11.0. The topological polar surface area (TPSA) is 70.7 Å². The van der Waals surface area contributed by atoms with Gasteiger partial charge in [0.05, 0.1) is 29.9 Å². The fourth-order valence-electron chi connectivity index (χ4n) is 4.55. The molecule has 0 spiro atoms. The van der Waals surface area contributed by atoms with Crippen molar-refractivity contribution in [2.75, 3.05) is 0 Å². The quantitative estimate of drug-likeness (QED) is 0.636. The Morgan fingerprint density at radius 2 is 1.71 bits per heavy atom. The molecule has 1 amide bonds. The van der Waals surface area contributed by atoms with E-state index in [4.69, 9.17) is 5.26 Å². The molecule has 2 fully saturated rings. The van der Waals surface area contributed by atoms with Crippen molar-refractivity contribution in [3.05, 3.63) is 66.6 Å². The average Bonchev–Trinajstić information content (AvgIpc) is 3.19. The number of imidazole rings is 1. The second-order valence-corrected chi connectivity index (χ2v) is 9.17. The standard InChI is InChI=1S/C26H26N4O/c1-26(12-13-26)29-25(31)22-10-11-23(14-22)30-17-28-16-24(30)21-8-6-20(7-9-21)19-4-2-18(15-27)3-5-19/h2-9,16-17,22-23H,10-14H2,1H3,(H,29,31)/t22?,23-/m1/s1. The molecule has 1 unspecified atom stereocenters. The summed E-state index contributed by atoms with van der Waals surface area (Å²) in [7, 11) is 0. The third-order valence-electron chi connectivity index (χ3n) is 6.79. The van der Waals surface area contributed by atoms with E-state index in [-0.39, 0.29) is 17.4 Å². The maximum absolute atomic E-state index is 12.6. The van der Waals surface area contributed by atoms with Crippen LogP contribution in [0.4, 0.5) is 0 Å². The number of hydrogen-bond donors (Lipinski definition) is 1. The Hall–Kier alpha value is -3.39. The van der Waals surface area contributed by atoms with Gasteiger partial charge >= 0.3 is 0 Å². The van der Waals surface area contributed by atoms with E-state index in [1.807, 2.05) is 36.8 Å². The first-order chi connectivity index (χ1) is 15.0. The van der Waals surface area contributed by atoms with Crippen LogP contribution in [0, 0.1) is 17.2 Å². The molecular weight excluding hydrogens is 384 g/mol. The molecule has 2 aliphatic carbocycles. The Bertz CT molecular complexity index is 1130. The highest BCUT2D eigenvalue weighted by atomic mass is 16.2. The molecule has 2 saturated carbocycles. The molecule has 5 nitrogen and oxygen atoms in total. The Morgan fingerprint density at radius 1 is 1.06 bits per heavy atom. The third-order valence-corrected chi connectivity index (χ3v) is 6.79. The Labute approximate surface area is 182 Å². The smallest absolute Gasteiger partial charge is 0.223 e. The number of aromatic nitrogens is 2. The van der Waals surface area contributed by atoms with Crippen molar-refractivity contribution in [1.29, 1.82) is 5.26 Å². The normalized spacial score (nSPS) is 21.4. The molecule has 31 heavy (non-hydrogen) atoms. The Kier molecular flexibility index (Phi) is 4.86. The van der Waals surface area contributed by atoms with Crippen LogP contribution < -0.4 is 5.32 Å². The van der Waals surface area contributed by atoms with Crippen molar-refractivity contribution in [2.24, 2.45) is 5.92 Å². The summed E-state index contributed by atoms with van der Waals surface area (Å²) in [5.74, 6) is 0.312. The molecule has 5 rings (SSSR count). The molecule has 0 aliphatic heterocycles. The molecule has 5 heteroatoms. The van der Waals surface area contributed by atoms with Gasteiger partial charge in [-0.15, -0.1) is 0 Å². The highest BCUT2D eigenvalue weighted by Gasteiger charge is 2.41. The van der Waals surface area contributed by atoms with Crippen LogP contribution in [0.25, 0.3) is 22.4 Å². The summed E-state index contributed by atoms with van der Waals surface area (Å²) in [5.41, 5.74) is 5.13. The van der Waals surface area contributed by atoms with Gasteiger partial charge in [-0.3, -0.25) is 4.79 Å². The molecule has 0 radical (unpaired) electrons. The summed E-state index contributed by atoms with van der Waals surface area (Å²) in [4.78, 5) is 17.0. The van der Waals surface area contributed by atoms with Crippen molar-refractivity contribution in [1.82, 2.24) is 14.9 Å². The number of benzene rings is 2. The number of carbonyl (C=O) groups excluding carboxylic acids is 1. The monoisotopic (exact) mass is 410 g/mol. The van der Waals surface area contributed by atoms with Crippen molar-refractivity contribution >= 4 is 5.91 Å². The van der Waals surface area contributed by atoms with Gasteiger partial charge in [0, 0.05) is 17.5 Å². The number of nitrogens with one attached hydrogen (secondary N) is 1. The first-order valence-corrected chi connectivity index (χ1v) is 11.0. The largest absolute Gasteiger partial charge is 0.351 e. The summed E-state index contributed by atoms with van der Waals surface area (Å²) >= 11 is 0. The zero-order chi connectivity index (χ0) is 21.4. The lowest BCUT2D eigenvalue weighted by molar-refractivity contribution is -0.125. The van der Waals surface area contributed by atoms with Gasteiger partial charge in [0.25, 0.3) is 0 Å². The number of hydrogen-bond acceptors (Lipinski definition) is 3. The van der Waals surface area contributed by atoms with E-state index in [0.717, 1.165) is 54.5 Å². The van der Waals surface area contributed by atoms with E-state index in [0.29, 0.717) is 11.6 Å². The van der Waals surface area contributed by atoms with Crippen LogP contribution in [0.5, 0.6) is 0 Å². The van der Waals surface area contributed by atoms with Crippen LogP contribution in [0.1, 0.15) is 50.6 Å². The molecule has 3 aromatic rings. The van der Waals surface area contributed by atoms with Crippen LogP contribution in [0.2, 0.25) is 0 Å². The fraction of sp³-hybridized carbons (Fsp3) is 0.346. The summed E-state index contributed by atoms with van der Waals surface area (Å²) in [6.07, 6.45) is 8.81. The van der Waals surface area contributed by atoms with Crippen molar-refractivity contribution < 1.29 is 4.79 Å². The minimum atomic E-state index is 0.0476. The summed E-state index contributed by atoms with van der Waals surface area (Å²) in [5, 5.41) is 12.2. The van der Waals surface area contributed by atoms with Gasteiger partial charge in [-0.1, -0.05) is 36.4 Å². The molecule has 1 heterocycles. The second-order valence-electron chi connectivity index (χ2n) is 9.17. The van der Waals surface area contributed by atoms with Crippen LogP contribution in [-0.4, -0.2) is 21.0 Å². The summed E-state index contributed by atoms with van der Waals surface area (Å²) in [6, 6.07) is 18.5. The lowest BCUT2D eigenvalue weighted by Crippen LogP contribution is -2.38. The van der Waals surface area contributed by atoms with Crippen LogP contribution in [0.15, 0.2) is 61.1 Å². The zero-order valence-corrected chi connectivity index (χ0v) is 17.7. The van der Waals surface area contributed by atoms with Crippen LogP contribution >= 0.6 is 0 Å². The summed E-state index contributed by atoms with van der Waals surface area (Å²) in [6.45, 7) is 2.13. The minimum absolute atomic E-state index is 0.0476. The predicted molar refractivity (Wildman–Crippen MR) is 120 cm³/mol. The van der Waals surface area contributed by atoms with Gasteiger partial charge < -0.3 is 9.88 Å². The number of nitrogens with zero attached hydrogens (tertiary/aromatic N) is 3. The van der Waals surface area contributed by atoms with Gasteiger partial charge in [0.15, 0.2) is 0 Å². The molecule has 2 aromatic carbocycles. The van der Waals surface area contributed by atoms with Gasteiger partial charge in [0.1, 0.15) is 0 Å². The number of carbonyl (C=O) groups is 1. The third kappa shape index (κ3) is 3.98. The van der Waals surface area contributed by atoms with E-state index >= 15 is 0 Å². The lowest BCUT2D eigenvalue weighted by Gasteiger charge is -2.18.